The Kier molecular flexibility index (Phi) is 3.43. The van der Waals surface area contributed by atoms with Crippen molar-refractivity contribution in [2.24, 2.45) is 0 Å². The molecule has 0 radical (unpaired) electrons. The van der Waals surface area contributed by atoms with Crippen LogP contribution >= 0.6 is 0 Å². The summed E-state index contributed by atoms with van der Waals surface area (Å²) in [7, 11) is -4.45. The summed E-state index contributed by atoms with van der Waals surface area (Å²) >= 11 is 0. The van der Waals surface area contributed by atoms with E-state index in [1.54, 1.807) is 0 Å². The van der Waals surface area contributed by atoms with Crippen molar-refractivity contribution in [1.82, 2.24) is 4.90 Å². The number of nitrogens with zero attached hydrogens (tertiary/aromatic N) is 1. The first-order valence-corrected chi connectivity index (χ1v) is 5.32. The van der Waals surface area contributed by atoms with Crippen molar-refractivity contribution < 1.29 is 27.1 Å². The summed E-state index contributed by atoms with van der Waals surface area (Å²) in [6.07, 6.45) is -0.653. The smallest absolute Gasteiger partial charge is 0.391 e. The van der Waals surface area contributed by atoms with Crippen LogP contribution in [0.1, 0.15) is 6.42 Å². The molecule has 1 amide bonds. The summed E-state index contributed by atoms with van der Waals surface area (Å²) in [4.78, 5) is 12.3. The van der Waals surface area contributed by atoms with Crippen LogP contribution in [0.5, 0.6) is 0 Å². The van der Waals surface area contributed by atoms with Crippen molar-refractivity contribution in [3.63, 3.8) is 0 Å². The molecule has 0 spiro atoms. The van der Waals surface area contributed by atoms with Gasteiger partial charge < -0.3 is 10.0 Å². The fraction of sp³-hybridized carbons (Fsp3) is 0.833. The first kappa shape index (κ1) is 11.4. The Hall–Kier alpha value is -0.700. The highest BCUT2D eigenvalue weighted by molar-refractivity contribution is 7.80. The molecule has 1 atom stereocenters. The quantitative estimate of drug-likeness (QED) is 0.558. The number of hydrogen-bond acceptors (Lipinski definition) is 5. The highest BCUT2D eigenvalue weighted by atomic mass is 32.3. The maximum absolute atomic E-state index is 11.0. The van der Waals surface area contributed by atoms with E-state index >= 15 is 0 Å². The minimum absolute atomic E-state index is 0.0374. The summed E-state index contributed by atoms with van der Waals surface area (Å²) in [6.45, 7) is -0.0966. The zero-order chi connectivity index (χ0) is 10.8. The van der Waals surface area contributed by atoms with Gasteiger partial charge in [-0.25, -0.2) is 4.18 Å². The van der Waals surface area contributed by atoms with Gasteiger partial charge in [0.1, 0.15) is 0 Å². The van der Waals surface area contributed by atoms with Crippen molar-refractivity contribution in [3.8, 4) is 0 Å². The lowest BCUT2D eigenvalue weighted by Crippen LogP contribution is -2.30. The number of β-amino-alcohol motifs (C(OH)–C–C–N with tert-alkyl or cyclic N) is 1. The number of carbonyl (C=O) groups excluding carboxylic acids is 1. The Morgan fingerprint density at radius 3 is 2.64 bits per heavy atom. The Labute approximate surface area is 81.2 Å². The lowest BCUT2D eigenvalue weighted by molar-refractivity contribution is -0.128. The van der Waals surface area contributed by atoms with E-state index in [9.17, 15) is 13.2 Å². The molecule has 1 unspecified atom stereocenters. The average Bonchev–Trinajstić information content (AvgIpc) is 2.27. The molecule has 1 fully saturated rings. The third-order valence-corrected chi connectivity index (χ3v) is 2.25. The molecule has 1 aliphatic rings. The molecule has 1 aliphatic heterocycles. The second-order valence-corrected chi connectivity index (χ2v) is 4.04. The lowest BCUT2D eigenvalue weighted by atomic mass is 10.3. The predicted molar refractivity (Wildman–Crippen MR) is 44.7 cm³/mol. The second kappa shape index (κ2) is 4.22. The number of likely N-dealkylation sites (tertiary alicyclic amines) is 1. The van der Waals surface area contributed by atoms with Gasteiger partial charge in [-0.15, -0.1) is 0 Å². The third kappa shape index (κ3) is 3.58. The lowest BCUT2D eigenvalue weighted by Gasteiger charge is -2.14. The fourth-order valence-corrected chi connectivity index (χ4v) is 1.51. The van der Waals surface area contributed by atoms with Crippen molar-refractivity contribution >= 4 is 16.3 Å². The Bertz CT molecular complexity index is 312. The molecule has 0 saturated carbocycles. The van der Waals surface area contributed by atoms with E-state index in [1.807, 2.05) is 0 Å². The topological polar surface area (TPSA) is 104 Å². The van der Waals surface area contributed by atoms with Crippen LogP contribution in [0.25, 0.3) is 0 Å². The van der Waals surface area contributed by atoms with Gasteiger partial charge in [0.05, 0.1) is 19.1 Å². The van der Waals surface area contributed by atoms with E-state index in [2.05, 4.69) is 4.18 Å². The van der Waals surface area contributed by atoms with Crippen LogP contribution in [0.15, 0.2) is 0 Å². The van der Waals surface area contributed by atoms with Gasteiger partial charge in [0.2, 0.25) is 5.91 Å². The SMILES string of the molecule is O=C1CC(O)CN1CCOS(=O)(=O)O. The molecule has 2 N–H and O–H groups in total. The fourth-order valence-electron chi connectivity index (χ4n) is 1.22. The Morgan fingerprint density at radius 1 is 1.57 bits per heavy atom. The van der Waals surface area contributed by atoms with E-state index in [0.717, 1.165) is 0 Å². The molecule has 0 aromatic heterocycles. The van der Waals surface area contributed by atoms with Gasteiger partial charge in [0.15, 0.2) is 0 Å². The van der Waals surface area contributed by atoms with Crippen molar-refractivity contribution in [1.29, 1.82) is 0 Å². The minimum Gasteiger partial charge on any atom is -0.391 e. The predicted octanol–water partition coefficient (Wildman–Crippen LogP) is -1.60. The first-order valence-electron chi connectivity index (χ1n) is 3.96. The van der Waals surface area contributed by atoms with Gasteiger partial charge >= 0.3 is 10.4 Å². The van der Waals surface area contributed by atoms with Crippen LogP contribution in [-0.2, 0) is 19.4 Å². The third-order valence-electron chi connectivity index (χ3n) is 1.79. The summed E-state index contributed by atoms with van der Waals surface area (Å²) in [5, 5.41) is 9.06. The summed E-state index contributed by atoms with van der Waals surface area (Å²) in [5.74, 6) is -0.253. The van der Waals surface area contributed by atoms with Crippen LogP contribution in [0.3, 0.4) is 0 Å². The molecule has 8 heteroatoms. The van der Waals surface area contributed by atoms with Gasteiger partial charge in [-0.3, -0.25) is 9.35 Å². The monoisotopic (exact) mass is 225 g/mol. The van der Waals surface area contributed by atoms with Gasteiger partial charge in [-0.2, -0.15) is 8.42 Å². The number of aliphatic hydroxyl groups is 1. The summed E-state index contributed by atoms with van der Waals surface area (Å²) < 4.78 is 32.5. The van der Waals surface area contributed by atoms with Crippen LogP contribution in [0, 0.1) is 0 Å². The number of amides is 1. The van der Waals surface area contributed by atoms with Crippen LogP contribution in [0.2, 0.25) is 0 Å². The average molecular weight is 225 g/mol. The van der Waals surface area contributed by atoms with E-state index in [-0.39, 0.29) is 32.0 Å². The van der Waals surface area contributed by atoms with Crippen molar-refractivity contribution in [2.75, 3.05) is 19.7 Å². The van der Waals surface area contributed by atoms with Crippen LogP contribution < -0.4 is 0 Å². The normalized spacial score (nSPS) is 23.1. The van der Waals surface area contributed by atoms with Crippen LogP contribution in [-0.4, -0.2) is 54.7 Å². The van der Waals surface area contributed by atoms with Crippen molar-refractivity contribution in [2.45, 2.75) is 12.5 Å². The van der Waals surface area contributed by atoms with E-state index in [0.29, 0.717) is 0 Å². The molecular weight excluding hydrogens is 214 g/mol. The van der Waals surface area contributed by atoms with Crippen molar-refractivity contribution in [3.05, 3.63) is 0 Å². The van der Waals surface area contributed by atoms with Gasteiger partial charge in [0.25, 0.3) is 0 Å². The largest absolute Gasteiger partial charge is 0.397 e. The molecule has 14 heavy (non-hydrogen) atoms. The first-order chi connectivity index (χ1) is 6.38. The highest BCUT2D eigenvalue weighted by Crippen LogP contribution is 2.09. The number of carbonyl (C=O) groups is 1. The molecule has 1 saturated heterocycles. The molecule has 0 bridgehead atoms. The van der Waals surface area contributed by atoms with E-state index < -0.39 is 16.5 Å². The van der Waals surface area contributed by atoms with Gasteiger partial charge in [-0.1, -0.05) is 0 Å². The maximum atomic E-state index is 11.0. The molecule has 0 aromatic rings. The minimum atomic E-state index is -4.45. The second-order valence-electron chi connectivity index (χ2n) is 2.95. The number of aliphatic hydroxyl groups excluding tert-OH is 1. The van der Waals surface area contributed by atoms with Crippen LogP contribution in [0.4, 0.5) is 0 Å². The molecule has 1 heterocycles. The van der Waals surface area contributed by atoms with E-state index in [4.69, 9.17) is 9.66 Å². The molecule has 0 aliphatic carbocycles. The highest BCUT2D eigenvalue weighted by Gasteiger charge is 2.27. The summed E-state index contributed by atoms with van der Waals surface area (Å²) in [6, 6.07) is 0. The molecular formula is C6H11NO6S. The van der Waals surface area contributed by atoms with E-state index in [1.165, 1.54) is 4.90 Å². The van der Waals surface area contributed by atoms with Gasteiger partial charge in [0, 0.05) is 13.1 Å². The Balaban J connectivity index is 2.29. The molecule has 82 valence electrons. The standard InChI is InChI=1S/C6H11NO6S/c8-5-3-6(9)7(4-5)1-2-13-14(10,11)12/h5,8H,1-4H2,(H,10,11,12). The Morgan fingerprint density at radius 2 is 2.21 bits per heavy atom. The summed E-state index contributed by atoms with van der Waals surface area (Å²) in [5.41, 5.74) is 0. The zero-order valence-electron chi connectivity index (χ0n) is 7.29. The number of rotatable bonds is 4. The zero-order valence-corrected chi connectivity index (χ0v) is 8.11. The molecule has 7 nitrogen and oxygen atoms in total. The molecule has 1 rings (SSSR count). The molecule has 0 aromatic carbocycles. The maximum Gasteiger partial charge on any atom is 0.397 e. The van der Waals surface area contributed by atoms with Gasteiger partial charge in [-0.05, 0) is 0 Å². The number of hydrogen-bond donors (Lipinski definition) is 2.